The average Bonchev–Trinajstić information content (AvgIpc) is 2.38. The van der Waals surface area contributed by atoms with Crippen molar-refractivity contribution in [1.82, 2.24) is 5.32 Å². The number of amides is 2. The van der Waals surface area contributed by atoms with Crippen LogP contribution in [0.3, 0.4) is 0 Å². The standard InChI is InChI=1S/C15H19FN2O2/c1-8(2)13-15(20)18(10(4)14(19)17-13)11-5-6-12(16)9(3)7-11/h5-8,10,13H,1-4H3,(H,17,19). The zero-order chi connectivity index (χ0) is 15.0. The molecule has 1 aliphatic heterocycles. The van der Waals surface area contributed by atoms with Crippen LogP contribution in [0.2, 0.25) is 0 Å². The molecule has 1 fully saturated rings. The number of hydrogen-bond donors (Lipinski definition) is 1. The lowest BCUT2D eigenvalue weighted by Crippen LogP contribution is -2.64. The van der Waals surface area contributed by atoms with Crippen molar-refractivity contribution in [2.75, 3.05) is 4.90 Å². The van der Waals surface area contributed by atoms with Gasteiger partial charge in [0, 0.05) is 5.69 Å². The first-order valence-corrected chi connectivity index (χ1v) is 6.72. The second-order valence-corrected chi connectivity index (χ2v) is 5.55. The molecule has 4 nitrogen and oxygen atoms in total. The van der Waals surface area contributed by atoms with Gasteiger partial charge in [0.25, 0.3) is 5.91 Å². The zero-order valence-corrected chi connectivity index (χ0v) is 12.1. The van der Waals surface area contributed by atoms with E-state index >= 15 is 0 Å². The third kappa shape index (κ3) is 2.40. The molecule has 2 atom stereocenters. The van der Waals surface area contributed by atoms with Gasteiger partial charge in [-0.2, -0.15) is 0 Å². The molecule has 1 aliphatic rings. The van der Waals surface area contributed by atoms with Gasteiger partial charge >= 0.3 is 0 Å². The number of piperazine rings is 1. The summed E-state index contributed by atoms with van der Waals surface area (Å²) < 4.78 is 13.4. The van der Waals surface area contributed by atoms with Crippen molar-refractivity contribution in [2.24, 2.45) is 5.92 Å². The van der Waals surface area contributed by atoms with Crippen LogP contribution in [0.15, 0.2) is 18.2 Å². The highest BCUT2D eigenvalue weighted by atomic mass is 19.1. The Morgan fingerprint density at radius 3 is 2.50 bits per heavy atom. The number of carbonyl (C=O) groups excluding carboxylic acids is 2. The fourth-order valence-corrected chi connectivity index (χ4v) is 2.37. The van der Waals surface area contributed by atoms with E-state index in [-0.39, 0.29) is 23.5 Å². The van der Waals surface area contributed by atoms with Crippen molar-refractivity contribution in [3.63, 3.8) is 0 Å². The molecule has 1 N–H and O–H groups in total. The Morgan fingerprint density at radius 1 is 1.30 bits per heavy atom. The van der Waals surface area contributed by atoms with Crippen LogP contribution in [-0.2, 0) is 9.59 Å². The minimum absolute atomic E-state index is 0.00277. The predicted molar refractivity (Wildman–Crippen MR) is 74.9 cm³/mol. The molecular formula is C15H19FN2O2. The van der Waals surface area contributed by atoms with Crippen LogP contribution >= 0.6 is 0 Å². The number of halogens is 1. The Morgan fingerprint density at radius 2 is 1.95 bits per heavy atom. The van der Waals surface area contributed by atoms with Gasteiger partial charge in [-0.15, -0.1) is 0 Å². The first kappa shape index (κ1) is 14.5. The number of aryl methyl sites for hydroxylation is 1. The van der Waals surface area contributed by atoms with Gasteiger partial charge in [-0.1, -0.05) is 13.8 Å². The number of benzene rings is 1. The number of carbonyl (C=O) groups is 2. The van der Waals surface area contributed by atoms with E-state index in [1.165, 1.54) is 17.0 Å². The van der Waals surface area contributed by atoms with Gasteiger partial charge in [-0.05, 0) is 43.5 Å². The second-order valence-electron chi connectivity index (χ2n) is 5.55. The van der Waals surface area contributed by atoms with Crippen LogP contribution in [0.4, 0.5) is 10.1 Å². The van der Waals surface area contributed by atoms with Crippen molar-refractivity contribution in [3.8, 4) is 0 Å². The lowest BCUT2D eigenvalue weighted by atomic mass is 9.97. The summed E-state index contributed by atoms with van der Waals surface area (Å²) in [6.45, 7) is 7.07. The van der Waals surface area contributed by atoms with Crippen LogP contribution in [0.5, 0.6) is 0 Å². The van der Waals surface area contributed by atoms with Gasteiger partial charge in [0.2, 0.25) is 5.91 Å². The monoisotopic (exact) mass is 278 g/mol. The minimum atomic E-state index is -0.595. The lowest BCUT2D eigenvalue weighted by molar-refractivity contribution is -0.134. The highest BCUT2D eigenvalue weighted by Gasteiger charge is 2.40. The van der Waals surface area contributed by atoms with Gasteiger partial charge in [0.1, 0.15) is 17.9 Å². The first-order valence-electron chi connectivity index (χ1n) is 6.72. The zero-order valence-electron chi connectivity index (χ0n) is 12.1. The smallest absolute Gasteiger partial charge is 0.250 e. The van der Waals surface area contributed by atoms with Crippen LogP contribution in [0.25, 0.3) is 0 Å². The summed E-state index contributed by atoms with van der Waals surface area (Å²) in [7, 11) is 0. The topological polar surface area (TPSA) is 49.4 Å². The Bertz CT molecular complexity index is 557. The van der Waals surface area contributed by atoms with Crippen LogP contribution < -0.4 is 10.2 Å². The summed E-state index contributed by atoms with van der Waals surface area (Å²) in [5.41, 5.74) is 1.01. The van der Waals surface area contributed by atoms with Crippen molar-refractivity contribution < 1.29 is 14.0 Å². The largest absolute Gasteiger partial charge is 0.342 e. The van der Waals surface area contributed by atoms with Gasteiger partial charge in [-0.25, -0.2) is 4.39 Å². The fraction of sp³-hybridized carbons (Fsp3) is 0.467. The third-order valence-electron chi connectivity index (χ3n) is 3.65. The van der Waals surface area contributed by atoms with Crippen LogP contribution in [-0.4, -0.2) is 23.9 Å². The van der Waals surface area contributed by atoms with Gasteiger partial charge < -0.3 is 5.32 Å². The summed E-state index contributed by atoms with van der Waals surface area (Å²) in [6.07, 6.45) is 0. The van der Waals surface area contributed by atoms with Crippen LogP contribution in [0.1, 0.15) is 26.3 Å². The van der Waals surface area contributed by atoms with E-state index in [0.29, 0.717) is 11.3 Å². The Kier molecular flexibility index (Phi) is 3.79. The summed E-state index contributed by atoms with van der Waals surface area (Å²) in [6, 6.07) is 3.32. The van der Waals surface area contributed by atoms with Crippen molar-refractivity contribution in [3.05, 3.63) is 29.6 Å². The van der Waals surface area contributed by atoms with E-state index in [0.717, 1.165) is 0 Å². The van der Waals surface area contributed by atoms with E-state index < -0.39 is 12.1 Å². The molecule has 0 bridgehead atoms. The van der Waals surface area contributed by atoms with E-state index in [1.54, 1.807) is 19.9 Å². The summed E-state index contributed by atoms with van der Waals surface area (Å²) in [5.74, 6) is -0.665. The molecule has 1 saturated heterocycles. The Hall–Kier alpha value is -1.91. The van der Waals surface area contributed by atoms with Crippen molar-refractivity contribution in [1.29, 1.82) is 0 Å². The number of nitrogens with one attached hydrogen (secondary N) is 1. The molecule has 5 heteroatoms. The molecule has 20 heavy (non-hydrogen) atoms. The maximum absolute atomic E-state index is 13.4. The van der Waals surface area contributed by atoms with Crippen molar-refractivity contribution >= 4 is 17.5 Å². The second kappa shape index (κ2) is 5.23. The molecule has 0 aliphatic carbocycles. The molecule has 1 aromatic rings. The molecular weight excluding hydrogens is 259 g/mol. The molecule has 2 rings (SSSR count). The van der Waals surface area contributed by atoms with Gasteiger partial charge in [0.15, 0.2) is 0 Å². The summed E-state index contributed by atoms with van der Waals surface area (Å²) in [4.78, 5) is 26.0. The molecule has 1 heterocycles. The van der Waals surface area contributed by atoms with Gasteiger partial charge in [-0.3, -0.25) is 14.5 Å². The number of anilines is 1. The number of nitrogens with zero attached hydrogens (tertiary/aromatic N) is 1. The molecule has 0 spiro atoms. The molecule has 2 amide bonds. The highest BCUT2D eigenvalue weighted by Crippen LogP contribution is 2.25. The quantitative estimate of drug-likeness (QED) is 0.899. The molecule has 0 saturated carbocycles. The van der Waals surface area contributed by atoms with E-state index in [9.17, 15) is 14.0 Å². The van der Waals surface area contributed by atoms with E-state index in [1.807, 2.05) is 13.8 Å². The van der Waals surface area contributed by atoms with Crippen molar-refractivity contribution in [2.45, 2.75) is 39.8 Å². The van der Waals surface area contributed by atoms with E-state index in [2.05, 4.69) is 5.32 Å². The fourth-order valence-electron chi connectivity index (χ4n) is 2.37. The first-order chi connectivity index (χ1) is 9.32. The Labute approximate surface area is 118 Å². The van der Waals surface area contributed by atoms with Gasteiger partial charge in [0.05, 0.1) is 0 Å². The Balaban J connectivity index is 2.43. The third-order valence-corrected chi connectivity index (χ3v) is 3.65. The predicted octanol–water partition coefficient (Wildman–Crippen LogP) is 2.01. The highest BCUT2D eigenvalue weighted by molar-refractivity contribution is 6.08. The maximum atomic E-state index is 13.4. The summed E-state index contributed by atoms with van der Waals surface area (Å²) >= 11 is 0. The SMILES string of the molecule is Cc1cc(N2C(=O)C(C(C)C)NC(=O)C2C)ccc1F. The maximum Gasteiger partial charge on any atom is 0.250 e. The molecule has 0 aromatic heterocycles. The molecule has 108 valence electrons. The molecule has 1 aromatic carbocycles. The average molecular weight is 278 g/mol. The number of hydrogen-bond acceptors (Lipinski definition) is 2. The minimum Gasteiger partial charge on any atom is -0.342 e. The van der Waals surface area contributed by atoms with Crippen LogP contribution in [0, 0.1) is 18.7 Å². The number of rotatable bonds is 2. The molecule has 0 radical (unpaired) electrons. The lowest BCUT2D eigenvalue weighted by Gasteiger charge is -2.38. The summed E-state index contributed by atoms with van der Waals surface area (Å²) in [5, 5.41) is 2.74. The normalized spacial score (nSPS) is 23.2. The molecule has 2 unspecified atom stereocenters. The van der Waals surface area contributed by atoms with E-state index in [4.69, 9.17) is 0 Å².